The molecule has 1 aromatic heterocycles. The van der Waals surface area contributed by atoms with Gasteiger partial charge in [-0.2, -0.15) is 4.57 Å². The average molecular weight is 361 g/mol. The molecule has 0 bridgehead atoms. The number of hydrogen-bond acceptors (Lipinski definition) is 2. The van der Waals surface area contributed by atoms with Crippen LogP contribution in [-0.2, 0) is 6.54 Å². The first-order valence-corrected chi connectivity index (χ1v) is 7.24. The number of nitrogens with zero attached hydrogens (tertiary/aromatic N) is 2. The topological polar surface area (TPSA) is 16.4 Å². The Bertz CT molecular complexity index is 695. The van der Waals surface area contributed by atoms with Gasteiger partial charge < -0.3 is 26.6 Å². The van der Waals surface area contributed by atoms with E-state index in [0.717, 1.165) is 30.0 Å². The molecule has 116 valence electrons. The van der Waals surface area contributed by atoms with E-state index in [4.69, 9.17) is 4.74 Å². The highest BCUT2D eigenvalue weighted by Gasteiger charge is 2.23. The molecule has 2 heterocycles. The van der Waals surface area contributed by atoms with Gasteiger partial charge in [-0.3, -0.25) is 0 Å². The highest BCUT2D eigenvalue weighted by atomic mass is 79.9. The third-order valence-corrected chi connectivity index (χ3v) is 3.95. The zero-order chi connectivity index (χ0) is 14.8. The molecule has 0 radical (unpaired) electrons. The zero-order valence-corrected chi connectivity index (χ0v) is 14.8. The van der Waals surface area contributed by atoms with E-state index in [0.29, 0.717) is 0 Å². The van der Waals surface area contributed by atoms with Crippen molar-refractivity contribution in [2.75, 3.05) is 26.1 Å². The third-order valence-electron chi connectivity index (χ3n) is 3.95. The van der Waals surface area contributed by atoms with Gasteiger partial charge in [-0.25, -0.2) is 0 Å². The molecule has 0 amide bonds. The fraction of sp³-hybridized carbons (Fsp3) is 0.278. The maximum atomic E-state index is 5.56. The van der Waals surface area contributed by atoms with Crippen molar-refractivity contribution in [3.8, 4) is 5.75 Å². The van der Waals surface area contributed by atoms with Crippen molar-refractivity contribution in [1.29, 1.82) is 0 Å². The summed E-state index contributed by atoms with van der Waals surface area (Å²) in [6.45, 7) is 1.06. The van der Waals surface area contributed by atoms with Crippen molar-refractivity contribution in [3.63, 3.8) is 0 Å². The van der Waals surface area contributed by atoms with Crippen LogP contribution in [0.3, 0.4) is 0 Å². The summed E-state index contributed by atoms with van der Waals surface area (Å²) in [6, 6.07) is 12.7. The highest BCUT2D eigenvalue weighted by molar-refractivity contribution is 5.82. The standard InChI is InChI=1S/C18H21N2O.BrH/c1-19(2)16-8-7-15(18(13-16)21-3)12-14-9-11-20-10-5-4-6-17(14)20;/h4-8,10,12-13H,9,11H2,1-3H3;1H/q+1;/p-1. The molecular formula is C18H21BrN2O. The monoisotopic (exact) mass is 360 g/mol. The summed E-state index contributed by atoms with van der Waals surface area (Å²) in [4.78, 5) is 2.08. The summed E-state index contributed by atoms with van der Waals surface area (Å²) in [5.41, 5.74) is 4.95. The van der Waals surface area contributed by atoms with E-state index in [-0.39, 0.29) is 17.0 Å². The molecule has 0 unspecified atom stereocenters. The SMILES string of the molecule is COc1cc(N(C)C)ccc1C=C1CC[n+]2ccccc21.[Br-]. The minimum absolute atomic E-state index is 0. The molecule has 3 rings (SSSR count). The second-order valence-electron chi connectivity index (χ2n) is 5.52. The number of halogens is 1. The zero-order valence-electron chi connectivity index (χ0n) is 13.2. The van der Waals surface area contributed by atoms with Gasteiger partial charge in [0.2, 0.25) is 5.69 Å². The Hall–Kier alpha value is -1.81. The minimum Gasteiger partial charge on any atom is -1.00 e. The van der Waals surface area contributed by atoms with Crippen molar-refractivity contribution in [2.24, 2.45) is 0 Å². The molecule has 4 heteroatoms. The van der Waals surface area contributed by atoms with Crippen LogP contribution in [-0.4, -0.2) is 21.2 Å². The van der Waals surface area contributed by atoms with Crippen molar-refractivity contribution in [2.45, 2.75) is 13.0 Å². The van der Waals surface area contributed by atoms with Gasteiger partial charge in [-0.05, 0) is 24.3 Å². The Balaban J connectivity index is 0.00000176. The largest absolute Gasteiger partial charge is 1.00 e. The summed E-state index contributed by atoms with van der Waals surface area (Å²) in [5.74, 6) is 0.920. The lowest BCUT2D eigenvalue weighted by Crippen LogP contribution is -3.00. The van der Waals surface area contributed by atoms with Crippen LogP contribution in [0.15, 0.2) is 42.6 Å². The Labute approximate surface area is 142 Å². The van der Waals surface area contributed by atoms with Crippen molar-refractivity contribution in [1.82, 2.24) is 0 Å². The van der Waals surface area contributed by atoms with Crippen LogP contribution in [0.2, 0.25) is 0 Å². The molecular weight excluding hydrogens is 340 g/mol. The highest BCUT2D eigenvalue weighted by Crippen LogP contribution is 2.30. The van der Waals surface area contributed by atoms with Gasteiger partial charge in [0.25, 0.3) is 0 Å². The molecule has 0 saturated carbocycles. The fourth-order valence-electron chi connectivity index (χ4n) is 2.76. The third kappa shape index (κ3) is 3.17. The molecule has 22 heavy (non-hydrogen) atoms. The van der Waals surface area contributed by atoms with Gasteiger partial charge in [0.05, 0.1) is 7.11 Å². The molecule has 0 spiro atoms. The minimum atomic E-state index is 0. The molecule has 0 atom stereocenters. The van der Waals surface area contributed by atoms with E-state index in [1.54, 1.807) is 7.11 Å². The van der Waals surface area contributed by atoms with E-state index in [1.165, 1.54) is 11.3 Å². The molecule has 0 aliphatic carbocycles. The smallest absolute Gasteiger partial charge is 0.208 e. The number of pyridine rings is 1. The molecule has 0 saturated heterocycles. The number of hydrogen-bond donors (Lipinski definition) is 0. The van der Waals surface area contributed by atoms with Crippen LogP contribution in [0, 0.1) is 0 Å². The maximum absolute atomic E-state index is 5.56. The summed E-state index contributed by atoms with van der Waals surface area (Å²) in [6.07, 6.45) is 5.46. The number of aromatic nitrogens is 1. The summed E-state index contributed by atoms with van der Waals surface area (Å²) < 4.78 is 7.85. The quantitative estimate of drug-likeness (QED) is 0.716. The molecule has 2 aromatic rings. The van der Waals surface area contributed by atoms with E-state index >= 15 is 0 Å². The second kappa shape index (κ2) is 6.97. The first kappa shape index (κ1) is 16.6. The van der Waals surface area contributed by atoms with Gasteiger partial charge >= 0.3 is 0 Å². The van der Waals surface area contributed by atoms with Crippen LogP contribution >= 0.6 is 0 Å². The van der Waals surface area contributed by atoms with Crippen molar-refractivity contribution < 1.29 is 26.3 Å². The van der Waals surface area contributed by atoms with Crippen LogP contribution in [0.25, 0.3) is 11.6 Å². The molecule has 1 aliphatic rings. The number of methoxy groups -OCH3 is 1. The van der Waals surface area contributed by atoms with Crippen molar-refractivity contribution >= 4 is 17.3 Å². The van der Waals surface area contributed by atoms with Crippen LogP contribution in [0.4, 0.5) is 5.69 Å². The first-order valence-electron chi connectivity index (χ1n) is 7.24. The Morgan fingerprint density at radius 2 is 2.00 bits per heavy atom. The molecule has 0 fully saturated rings. The van der Waals surface area contributed by atoms with E-state index in [9.17, 15) is 0 Å². The number of allylic oxidation sites excluding steroid dienone is 1. The van der Waals surface area contributed by atoms with Gasteiger partial charge in [0.15, 0.2) is 12.7 Å². The van der Waals surface area contributed by atoms with E-state index in [1.807, 2.05) is 14.1 Å². The number of anilines is 1. The summed E-state index contributed by atoms with van der Waals surface area (Å²) >= 11 is 0. The predicted molar refractivity (Wildman–Crippen MR) is 86.4 cm³/mol. The van der Waals surface area contributed by atoms with Gasteiger partial charge in [-0.1, -0.05) is 0 Å². The summed E-state index contributed by atoms with van der Waals surface area (Å²) in [5, 5.41) is 0. The number of rotatable bonds is 3. The van der Waals surface area contributed by atoms with E-state index in [2.05, 4.69) is 58.1 Å². The number of fused-ring (bicyclic) bond motifs is 1. The van der Waals surface area contributed by atoms with Gasteiger partial charge in [0, 0.05) is 55.5 Å². The number of ether oxygens (including phenoxy) is 1. The number of benzene rings is 1. The van der Waals surface area contributed by atoms with Crippen LogP contribution in [0.5, 0.6) is 5.75 Å². The average Bonchev–Trinajstić information content (AvgIpc) is 2.91. The maximum Gasteiger partial charge on any atom is 0.208 e. The molecule has 1 aromatic carbocycles. The lowest BCUT2D eigenvalue weighted by atomic mass is 10.1. The van der Waals surface area contributed by atoms with Gasteiger partial charge in [-0.15, -0.1) is 0 Å². The summed E-state index contributed by atoms with van der Waals surface area (Å²) in [7, 11) is 5.81. The molecule has 3 nitrogen and oxygen atoms in total. The Morgan fingerprint density at radius 1 is 1.18 bits per heavy atom. The van der Waals surface area contributed by atoms with E-state index < -0.39 is 0 Å². The van der Waals surface area contributed by atoms with Crippen molar-refractivity contribution in [3.05, 3.63) is 53.9 Å². The van der Waals surface area contributed by atoms with Gasteiger partial charge in [0.1, 0.15) is 5.75 Å². The Morgan fingerprint density at radius 3 is 2.73 bits per heavy atom. The van der Waals surface area contributed by atoms with Crippen LogP contribution < -0.4 is 31.2 Å². The fourth-order valence-corrected chi connectivity index (χ4v) is 2.76. The predicted octanol–water partition coefficient (Wildman–Crippen LogP) is -0.00300. The number of aryl methyl sites for hydroxylation is 1. The lowest BCUT2D eigenvalue weighted by molar-refractivity contribution is -0.689. The normalized spacial score (nSPS) is 14.4. The molecule has 0 N–H and O–H groups in total. The van der Waals surface area contributed by atoms with Crippen LogP contribution in [0.1, 0.15) is 17.7 Å². The molecule has 1 aliphatic heterocycles. The first-order chi connectivity index (χ1) is 10.2. The lowest BCUT2D eigenvalue weighted by Gasteiger charge is -2.15. The second-order valence-corrected chi connectivity index (χ2v) is 5.52. The Kier molecular flexibility index (Phi) is 5.24.